The van der Waals surface area contributed by atoms with Gasteiger partial charge in [-0.05, 0) is 41.5 Å². The lowest BCUT2D eigenvalue weighted by molar-refractivity contribution is -0.134. The number of nitrogens with zero attached hydrogens (tertiary/aromatic N) is 1. The highest BCUT2D eigenvalue weighted by molar-refractivity contribution is 7.17. The lowest BCUT2D eigenvalue weighted by Gasteiger charge is -2.30. The van der Waals surface area contributed by atoms with Crippen LogP contribution in [-0.4, -0.2) is 17.8 Å². The highest BCUT2D eigenvalue weighted by atomic mass is 32.1. The first-order valence-corrected chi connectivity index (χ1v) is 7.66. The minimum atomic E-state index is -0.786. The van der Waals surface area contributed by atoms with Crippen LogP contribution in [0.15, 0.2) is 29.6 Å². The van der Waals surface area contributed by atoms with E-state index in [1.165, 1.54) is 0 Å². The first-order chi connectivity index (χ1) is 10.1. The first kappa shape index (κ1) is 13.8. The Kier molecular flexibility index (Phi) is 3.47. The molecule has 3 rings (SSSR count). The van der Waals surface area contributed by atoms with Crippen molar-refractivity contribution >= 4 is 45.0 Å². The van der Waals surface area contributed by atoms with Crippen molar-refractivity contribution in [2.75, 3.05) is 4.90 Å². The standard InChI is InChI=1S/C15H14N2O3S/c1-2-3-11-13(18)16-15(20)17(14(11)19)10-4-5-12-9(8-10)6-7-21-12/h4-8,11H,2-3H2,1H3,(H,16,18,20). The average Bonchev–Trinajstić information content (AvgIpc) is 2.91. The molecule has 1 atom stereocenters. The fourth-order valence-electron chi connectivity index (χ4n) is 2.50. The quantitative estimate of drug-likeness (QED) is 0.887. The van der Waals surface area contributed by atoms with Crippen molar-refractivity contribution in [1.29, 1.82) is 0 Å². The van der Waals surface area contributed by atoms with E-state index in [1.54, 1.807) is 23.5 Å². The number of carbonyl (C=O) groups excluding carboxylic acids is 3. The molecular formula is C15H14N2O3S. The van der Waals surface area contributed by atoms with E-state index in [1.807, 2.05) is 24.4 Å². The molecule has 0 radical (unpaired) electrons. The fraction of sp³-hybridized carbons (Fsp3) is 0.267. The monoisotopic (exact) mass is 302 g/mol. The smallest absolute Gasteiger partial charge is 0.277 e. The van der Waals surface area contributed by atoms with E-state index < -0.39 is 23.8 Å². The van der Waals surface area contributed by atoms with Crippen LogP contribution in [0.5, 0.6) is 0 Å². The number of hydrogen-bond donors (Lipinski definition) is 1. The molecule has 2 heterocycles. The van der Waals surface area contributed by atoms with E-state index in [9.17, 15) is 14.4 Å². The summed E-state index contributed by atoms with van der Waals surface area (Å²) in [6.45, 7) is 1.90. The molecule has 1 N–H and O–H groups in total. The van der Waals surface area contributed by atoms with Gasteiger partial charge in [0.1, 0.15) is 5.92 Å². The molecule has 108 valence electrons. The summed E-state index contributed by atoms with van der Waals surface area (Å²) >= 11 is 1.60. The summed E-state index contributed by atoms with van der Waals surface area (Å²) in [5.74, 6) is -1.73. The molecule has 4 amide bonds. The molecule has 6 heteroatoms. The van der Waals surface area contributed by atoms with Crippen LogP contribution in [0.2, 0.25) is 0 Å². The van der Waals surface area contributed by atoms with Gasteiger partial charge in [0.2, 0.25) is 11.8 Å². The Bertz CT molecular complexity index is 737. The van der Waals surface area contributed by atoms with Crippen molar-refractivity contribution < 1.29 is 14.4 Å². The summed E-state index contributed by atoms with van der Waals surface area (Å²) in [5.41, 5.74) is 0.497. The molecule has 0 bridgehead atoms. The zero-order valence-electron chi connectivity index (χ0n) is 11.5. The van der Waals surface area contributed by atoms with Crippen molar-refractivity contribution in [2.24, 2.45) is 5.92 Å². The van der Waals surface area contributed by atoms with Crippen molar-refractivity contribution in [3.05, 3.63) is 29.6 Å². The van der Waals surface area contributed by atoms with Crippen molar-refractivity contribution in [3.8, 4) is 0 Å². The molecule has 1 aliphatic rings. The molecular weight excluding hydrogens is 288 g/mol. The lowest BCUT2D eigenvalue weighted by Crippen LogP contribution is -2.58. The SMILES string of the molecule is CCCC1C(=O)NC(=O)N(c2ccc3sccc3c2)C1=O. The van der Waals surface area contributed by atoms with Gasteiger partial charge in [-0.3, -0.25) is 14.9 Å². The Labute approximate surface area is 125 Å². The van der Waals surface area contributed by atoms with Crippen LogP contribution < -0.4 is 10.2 Å². The van der Waals surface area contributed by atoms with Crippen LogP contribution in [0.1, 0.15) is 19.8 Å². The number of rotatable bonds is 3. The van der Waals surface area contributed by atoms with E-state index in [0.717, 1.165) is 15.0 Å². The summed E-state index contributed by atoms with van der Waals surface area (Å²) in [6, 6.07) is 6.66. The van der Waals surface area contributed by atoms with E-state index in [-0.39, 0.29) is 0 Å². The zero-order valence-corrected chi connectivity index (χ0v) is 12.3. The Morgan fingerprint density at radius 1 is 1.24 bits per heavy atom. The van der Waals surface area contributed by atoms with Crippen LogP contribution in [0.4, 0.5) is 10.5 Å². The largest absolute Gasteiger partial charge is 0.335 e. The number of thiophene rings is 1. The number of amides is 4. The Hall–Kier alpha value is -2.21. The number of carbonyl (C=O) groups is 3. The number of imide groups is 2. The van der Waals surface area contributed by atoms with Crippen molar-refractivity contribution in [3.63, 3.8) is 0 Å². The van der Waals surface area contributed by atoms with Gasteiger partial charge in [-0.15, -0.1) is 11.3 Å². The topological polar surface area (TPSA) is 66.5 Å². The third-order valence-electron chi connectivity index (χ3n) is 3.54. The third-order valence-corrected chi connectivity index (χ3v) is 4.44. The zero-order chi connectivity index (χ0) is 15.0. The van der Waals surface area contributed by atoms with E-state index in [4.69, 9.17) is 0 Å². The summed E-state index contributed by atoms with van der Waals surface area (Å²) in [6.07, 6.45) is 1.14. The Morgan fingerprint density at radius 3 is 2.81 bits per heavy atom. The van der Waals surface area contributed by atoms with Gasteiger partial charge in [0.25, 0.3) is 0 Å². The number of hydrogen-bond acceptors (Lipinski definition) is 4. The second kappa shape index (κ2) is 5.29. The van der Waals surface area contributed by atoms with Gasteiger partial charge in [0.05, 0.1) is 5.69 Å². The highest BCUT2D eigenvalue weighted by Crippen LogP contribution is 2.28. The first-order valence-electron chi connectivity index (χ1n) is 6.78. The number of barbiturate groups is 1. The summed E-state index contributed by atoms with van der Waals surface area (Å²) in [4.78, 5) is 37.3. The van der Waals surface area contributed by atoms with Gasteiger partial charge in [-0.2, -0.15) is 0 Å². The maximum absolute atomic E-state index is 12.5. The van der Waals surface area contributed by atoms with Crippen LogP contribution in [0.3, 0.4) is 0 Å². The van der Waals surface area contributed by atoms with E-state index >= 15 is 0 Å². The van der Waals surface area contributed by atoms with Gasteiger partial charge < -0.3 is 0 Å². The van der Waals surface area contributed by atoms with Crippen molar-refractivity contribution in [1.82, 2.24) is 5.32 Å². The van der Waals surface area contributed by atoms with Gasteiger partial charge in [-0.25, -0.2) is 9.69 Å². The number of benzene rings is 1. The second-order valence-electron chi connectivity index (χ2n) is 4.95. The molecule has 21 heavy (non-hydrogen) atoms. The van der Waals surface area contributed by atoms with E-state index in [0.29, 0.717) is 18.5 Å². The Balaban J connectivity index is 2.00. The predicted molar refractivity (Wildman–Crippen MR) is 81.2 cm³/mol. The van der Waals surface area contributed by atoms with Gasteiger partial charge in [0.15, 0.2) is 0 Å². The lowest BCUT2D eigenvalue weighted by atomic mass is 9.99. The summed E-state index contributed by atoms with van der Waals surface area (Å²) in [7, 11) is 0. The molecule has 1 aromatic heterocycles. The van der Waals surface area contributed by atoms with Crippen LogP contribution in [-0.2, 0) is 9.59 Å². The molecule has 0 saturated carbocycles. The molecule has 1 saturated heterocycles. The third kappa shape index (κ3) is 2.31. The average molecular weight is 302 g/mol. The highest BCUT2D eigenvalue weighted by Gasteiger charge is 2.40. The van der Waals surface area contributed by atoms with Crippen LogP contribution >= 0.6 is 11.3 Å². The number of nitrogens with one attached hydrogen (secondary N) is 1. The number of anilines is 1. The molecule has 0 spiro atoms. The van der Waals surface area contributed by atoms with Gasteiger partial charge in [0, 0.05) is 4.70 Å². The molecule has 1 fully saturated rings. The van der Waals surface area contributed by atoms with Gasteiger partial charge >= 0.3 is 6.03 Å². The molecule has 0 aliphatic carbocycles. The molecule has 5 nitrogen and oxygen atoms in total. The number of fused-ring (bicyclic) bond motifs is 1. The molecule has 1 aromatic carbocycles. The van der Waals surface area contributed by atoms with Crippen molar-refractivity contribution in [2.45, 2.75) is 19.8 Å². The maximum Gasteiger partial charge on any atom is 0.335 e. The Morgan fingerprint density at radius 2 is 2.05 bits per heavy atom. The molecule has 1 unspecified atom stereocenters. The van der Waals surface area contributed by atoms with Gasteiger partial charge in [-0.1, -0.05) is 13.3 Å². The molecule has 1 aliphatic heterocycles. The van der Waals surface area contributed by atoms with E-state index in [2.05, 4.69) is 5.32 Å². The number of urea groups is 1. The predicted octanol–water partition coefficient (Wildman–Crippen LogP) is 2.90. The minimum Gasteiger partial charge on any atom is -0.277 e. The minimum absolute atomic E-state index is 0.440. The maximum atomic E-state index is 12.5. The summed E-state index contributed by atoms with van der Waals surface area (Å²) in [5, 5.41) is 5.19. The summed E-state index contributed by atoms with van der Waals surface area (Å²) < 4.78 is 1.09. The molecule has 2 aromatic rings. The van der Waals surface area contributed by atoms with Crippen LogP contribution in [0, 0.1) is 5.92 Å². The fourth-order valence-corrected chi connectivity index (χ4v) is 3.27. The second-order valence-corrected chi connectivity index (χ2v) is 5.90. The van der Waals surface area contributed by atoms with Crippen LogP contribution in [0.25, 0.3) is 10.1 Å². The normalized spacial score (nSPS) is 19.2.